The van der Waals surface area contributed by atoms with Gasteiger partial charge in [-0.1, -0.05) is 29.8 Å². The van der Waals surface area contributed by atoms with E-state index in [4.69, 9.17) is 11.6 Å². The number of aryl methyl sites for hydroxylation is 1. The van der Waals surface area contributed by atoms with Gasteiger partial charge in [-0.15, -0.1) is 0 Å². The van der Waals surface area contributed by atoms with Crippen LogP contribution in [0.2, 0.25) is 5.02 Å². The van der Waals surface area contributed by atoms with Crippen molar-refractivity contribution >= 4 is 34.8 Å². The summed E-state index contributed by atoms with van der Waals surface area (Å²) in [5.41, 5.74) is 3.70. The van der Waals surface area contributed by atoms with Crippen LogP contribution in [0.15, 0.2) is 42.5 Å². The van der Waals surface area contributed by atoms with Gasteiger partial charge in [0.05, 0.1) is 5.92 Å². The number of nitrogens with zero attached hydrogens (tertiary/aromatic N) is 1. The second-order valence-corrected chi connectivity index (χ2v) is 6.56. The number of hydrogen-bond donors (Lipinski definition) is 1. The normalized spacial score (nSPS) is 17.2. The maximum absolute atomic E-state index is 12.6. The summed E-state index contributed by atoms with van der Waals surface area (Å²) in [6.07, 6.45) is 0.212. The average molecular weight is 343 g/mol. The maximum Gasteiger partial charge on any atom is 0.229 e. The quantitative estimate of drug-likeness (QED) is 0.918. The van der Waals surface area contributed by atoms with E-state index in [0.717, 1.165) is 22.5 Å². The lowest BCUT2D eigenvalue weighted by molar-refractivity contribution is -0.122. The lowest BCUT2D eigenvalue weighted by Crippen LogP contribution is -2.28. The lowest BCUT2D eigenvalue weighted by Gasteiger charge is -2.17. The van der Waals surface area contributed by atoms with E-state index in [1.165, 1.54) is 0 Å². The van der Waals surface area contributed by atoms with Gasteiger partial charge in [0.2, 0.25) is 11.8 Å². The molecule has 1 aliphatic rings. The van der Waals surface area contributed by atoms with Crippen LogP contribution >= 0.6 is 11.6 Å². The van der Waals surface area contributed by atoms with Crippen LogP contribution in [0.5, 0.6) is 0 Å². The van der Waals surface area contributed by atoms with Crippen LogP contribution in [0, 0.1) is 19.8 Å². The van der Waals surface area contributed by atoms with Gasteiger partial charge in [0.1, 0.15) is 0 Å². The van der Waals surface area contributed by atoms with Crippen molar-refractivity contribution in [3.8, 4) is 0 Å². The van der Waals surface area contributed by atoms with Crippen molar-refractivity contribution in [1.82, 2.24) is 0 Å². The molecule has 0 radical (unpaired) electrons. The van der Waals surface area contributed by atoms with E-state index >= 15 is 0 Å². The van der Waals surface area contributed by atoms with Gasteiger partial charge in [-0.3, -0.25) is 9.59 Å². The highest BCUT2D eigenvalue weighted by atomic mass is 35.5. The average Bonchev–Trinajstić information content (AvgIpc) is 2.94. The van der Waals surface area contributed by atoms with Gasteiger partial charge in [0.15, 0.2) is 0 Å². The Morgan fingerprint density at radius 3 is 2.71 bits per heavy atom. The fraction of sp³-hybridized carbons (Fsp3) is 0.263. The molecule has 2 amide bonds. The number of benzene rings is 2. The number of rotatable bonds is 3. The third kappa shape index (κ3) is 3.29. The van der Waals surface area contributed by atoms with Crippen LogP contribution in [0.3, 0.4) is 0 Å². The van der Waals surface area contributed by atoms with Gasteiger partial charge >= 0.3 is 0 Å². The molecule has 1 fully saturated rings. The molecule has 1 atom stereocenters. The fourth-order valence-corrected chi connectivity index (χ4v) is 3.08. The SMILES string of the molecule is Cc1cccc(NC(=O)[C@H]2CC(=O)N(c3cccc(Cl)c3)C2)c1C. The Labute approximate surface area is 146 Å². The second kappa shape index (κ2) is 6.65. The fourth-order valence-electron chi connectivity index (χ4n) is 2.90. The summed E-state index contributed by atoms with van der Waals surface area (Å²) in [4.78, 5) is 26.5. The van der Waals surface area contributed by atoms with Crippen LogP contribution in [0.4, 0.5) is 11.4 Å². The van der Waals surface area contributed by atoms with Crippen molar-refractivity contribution in [1.29, 1.82) is 0 Å². The minimum absolute atomic E-state index is 0.0571. The van der Waals surface area contributed by atoms with Crippen LogP contribution in [0.25, 0.3) is 0 Å². The lowest BCUT2D eigenvalue weighted by atomic mass is 10.1. The Bertz CT molecular complexity index is 804. The monoisotopic (exact) mass is 342 g/mol. The first-order chi connectivity index (χ1) is 11.5. The van der Waals surface area contributed by atoms with E-state index in [9.17, 15) is 9.59 Å². The zero-order valence-corrected chi connectivity index (χ0v) is 14.4. The summed E-state index contributed by atoms with van der Waals surface area (Å²) < 4.78 is 0. The molecule has 0 aromatic heterocycles. The smallest absolute Gasteiger partial charge is 0.229 e. The molecule has 0 aliphatic carbocycles. The van der Waals surface area contributed by atoms with Crippen LogP contribution in [-0.2, 0) is 9.59 Å². The second-order valence-electron chi connectivity index (χ2n) is 6.12. The highest BCUT2D eigenvalue weighted by Crippen LogP contribution is 2.28. The number of amides is 2. The molecule has 0 spiro atoms. The molecular formula is C19H19ClN2O2. The third-order valence-corrected chi connectivity index (χ3v) is 4.71. The predicted octanol–water partition coefficient (Wildman–Crippen LogP) is 3.95. The molecule has 1 N–H and O–H groups in total. The Hall–Kier alpha value is -2.33. The summed E-state index contributed by atoms with van der Waals surface area (Å²) in [5.74, 6) is -0.545. The van der Waals surface area contributed by atoms with E-state index in [-0.39, 0.29) is 24.2 Å². The number of carbonyl (C=O) groups is 2. The number of anilines is 2. The Morgan fingerprint density at radius 1 is 1.21 bits per heavy atom. The number of halogens is 1. The van der Waals surface area contributed by atoms with E-state index < -0.39 is 0 Å². The summed E-state index contributed by atoms with van der Waals surface area (Å²) >= 11 is 5.99. The molecule has 4 nitrogen and oxygen atoms in total. The van der Waals surface area contributed by atoms with Crippen molar-refractivity contribution in [3.63, 3.8) is 0 Å². The Kier molecular flexibility index (Phi) is 4.58. The Balaban J connectivity index is 1.73. The number of carbonyl (C=O) groups excluding carboxylic acids is 2. The molecule has 124 valence electrons. The van der Waals surface area contributed by atoms with E-state index in [0.29, 0.717) is 11.6 Å². The van der Waals surface area contributed by atoms with Crippen molar-refractivity contribution in [3.05, 3.63) is 58.6 Å². The van der Waals surface area contributed by atoms with E-state index in [2.05, 4.69) is 5.32 Å². The zero-order chi connectivity index (χ0) is 17.3. The van der Waals surface area contributed by atoms with Gasteiger partial charge in [-0.2, -0.15) is 0 Å². The largest absolute Gasteiger partial charge is 0.326 e. The molecule has 0 saturated carbocycles. The first kappa shape index (κ1) is 16.5. The van der Waals surface area contributed by atoms with Crippen LogP contribution in [-0.4, -0.2) is 18.4 Å². The number of nitrogens with one attached hydrogen (secondary N) is 1. The molecule has 0 unspecified atom stereocenters. The van der Waals surface area contributed by atoms with E-state index in [1.807, 2.05) is 38.1 Å². The molecule has 2 aromatic carbocycles. The molecule has 1 saturated heterocycles. The molecule has 0 bridgehead atoms. The van der Waals surface area contributed by atoms with Crippen LogP contribution in [0.1, 0.15) is 17.5 Å². The Morgan fingerprint density at radius 2 is 1.96 bits per heavy atom. The first-order valence-electron chi connectivity index (χ1n) is 7.88. The van der Waals surface area contributed by atoms with Gasteiger partial charge in [-0.05, 0) is 49.2 Å². The summed E-state index contributed by atoms with van der Waals surface area (Å²) in [7, 11) is 0. The van der Waals surface area contributed by atoms with Gasteiger partial charge in [0.25, 0.3) is 0 Å². The molecule has 5 heteroatoms. The number of hydrogen-bond acceptors (Lipinski definition) is 2. The zero-order valence-electron chi connectivity index (χ0n) is 13.7. The maximum atomic E-state index is 12.6. The summed E-state index contributed by atoms with van der Waals surface area (Å²) in [6, 6.07) is 12.9. The van der Waals surface area contributed by atoms with Crippen molar-refractivity contribution in [2.75, 3.05) is 16.8 Å². The summed E-state index contributed by atoms with van der Waals surface area (Å²) in [5, 5.41) is 3.53. The molecular weight excluding hydrogens is 324 g/mol. The summed E-state index contributed by atoms with van der Waals surface area (Å²) in [6.45, 7) is 4.35. The first-order valence-corrected chi connectivity index (χ1v) is 8.26. The molecule has 2 aromatic rings. The van der Waals surface area contributed by atoms with Gasteiger partial charge in [0, 0.05) is 29.4 Å². The molecule has 1 heterocycles. The van der Waals surface area contributed by atoms with Crippen molar-refractivity contribution < 1.29 is 9.59 Å². The molecule has 3 rings (SSSR count). The van der Waals surface area contributed by atoms with Crippen molar-refractivity contribution in [2.45, 2.75) is 20.3 Å². The van der Waals surface area contributed by atoms with Crippen molar-refractivity contribution in [2.24, 2.45) is 5.92 Å². The highest BCUT2D eigenvalue weighted by molar-refractivity contribution is 6.31. The molecule has 24 heavy (non-hydrogen) atoms. The third-order valence-electron chi connectivity index (χ3n) is 4.48. The minimum atomic E-state index is -0.364. The topological polar surface area (TPSA) is 49.4 Å². The van der Waals surface area contributed by atoms with Gasteiger partial charge < -0.3 is 10.2 Å². The highest BCUT2D eigenvalue weighted by Gasteiger charge is 2.35. The van der Waals surface area contributed by atoms with Gasteiger partial charge in [-0.25, -0.2) is 0 Å². The minimum Gasteiger partial charge on any atom is -0.326 e. The molecule has 1 aliphatic heterocycles. The van der Waals surface area contributed by atoms with Crippen LogP contribution < -0.4 is 10.2 Å². The predicted molar refractivity (Wildman–Crippen MR) is 96.5 cm³/mol. The standard InChI is InChI=1S/C19H19ClN2O2/c1-12-5-3-8-17(13(12)2)21-19(24)14-9-18(23)22(11-14)16-7-4-6-15(20)10-16/h3-8,10,14H,9,11H2,1-2H3,(H,21,24)/t14-/m0/s1. The van der Waals surface area contributed by atoms with E-state index in [1.54, 1.807) is 23.1 Å².